The summed E-state index contributed by atoms with van der Waals surface area (Å²) < 4.78 is 55.5. The largest absolute Gasteiger partial charge is 0.371 e. The molecular weight excluding hydrogens is 398 g/mol. The van der Waals surface area contributed by atoms with Crippen molar-refractivity contribution in [1.82, 2.24) is 0 Å². The molecule has 7 heteroatoms. The van der Waals surface area contributed by atoms with Crippen LogP contribution in [0.1, 0.15) is 56.7 Å². The van der Waals surface area contributed by atoms with E-state index >= 15 is 0 Å². The molecule has 2 aromatic carbocycles. The molecule has 0 radical (unpaired) electrons. The van der Waals surface area contributed by atoms with Crippen LogP contribution >= 0.6 is 0 Å². The van der Waals surface area contributed by atoms with E-state index < -0.39 is 52.4 Å². The number of benzene rings is 2. The van der Waals surface area contributed by atoms with Crippen LogP contribution < -0.4 is 4.90 Å². The van der Waals surface area contributed by atoms with Crippen molar-refractivity contribution in [2.24, 2.45) is 0 Å². The van der Waals surface area contributed by atoms with E-state index in [1.807, 2.05) is 12.1 Å². The average Bonchev–Trinajstić information content (AvgIpc) is 2.73. The molecule has 0 unspecified atom stereocenters. The molecular formula is C23H17F4NO2. The number of carbonyl (C=O) groups excluding carboxylic acids is 2. The summed E-state index contributed by atoms with van der Waals surface area (Å²) >= 11 is 0. The predicted octanol–water partition coefficient (Wildman–Crippen LogP) is 4.79. The molecule has 0 saturated heterocycles. The fourth-order valence-electron chi connectivity index (χ4n) is 4.84. The Kier molecular flexibility index (Phi) is 4.31. The highest BCUT2D eigenvalue weighted by molar-refractivity contribution is 6.24. The number of fused-ring (bicyclic) bond motifs is 1. The Hall–Kier alpha value is -2.96. The Morgan fingerprint density at radius 1 is 0.800 bits per heavy atom. The van der Waals surface area contributed by atoms with Gasteiger partial charge in [-0.25, -0.2) is 17.6 Å². The maximum atomic E-state index is 14.3. The van der Waals surface area contributed by atoms with Gasteiger partial charge in [0.05, 0.1) is 11.1 Å². The number of hydrogen-bond acceptors (Lipinski definition) is 3. The van der Waals surface area contributed by atoms with Crippen LogP contribution in [0.2, 0.25) is 0 Å². The van der Waals surface area contributed by atoms with Crippen LogP contribution in [-0.2, 0) is 12.8 Å². The molecule has 0 amide bonds. The number of ketones is 2. The Bertz CT molecular complexity index is 1140. The summed E-state index contributed by atoms with van der Waals surface area (Å²) in [6.07, 6.45) is 4.82. The Morgan fingerprint density at radius 3 is 1.97 bits per heavy atom. The summed E-state index contributed by atoms with van der Waals surface area (Å²) in [6, 6.07) is 3.89. The van der Waals surface area contributed by atoms with Gasteiger partial charge in [0.25, 0.3) is 0 Å². The first-order valence-corrected chi connectivity index (χ1v) is 9.92. The quantitative estimate of drug-likeness (QED) is 0.291. The molecule has 3 aliphatic rings. The predicted molar refractivity (Wildman–Crippen MR) is 103 cm³/mol. The lowest BCUT2D eigenvalue weighted by Crippen LogP contribution is -2.34. The minimum Gasteiger partial charge on any atom is -0.371 e. The van der Waals surface area contributed by atoms with Gasteiger partial charge in [-0.15, -0.1) is 0 Å². The molecule has 0 atom stereocenters. The van der Waals surface area contributed by atoms with E-state index in [1.54, 1.807) is 0 Å². The lowest BCUT2D eigenvalue weighted by atomic mass is 9.83. The second-order valence-electron chi connectivity index (χ2n) is 7.99. The molecule has 2 aliphatic heterocycles. The number of rotatable bonds is 1. The third-order valence-corrected chi connectivity index (χ3v) is 6.11. The van der Waals surface area contributed by atoms with Crippen LogP contribution in [0.4, 0.5) is 23.2 Å². The number of Topliss-reactive ketones (excluding diaryl/α,β-unsaturated/α-hetero) is 2. The van der Waals surface area contributed by atoms with Gasteiger partial charge in [0.1, 0.15) is 0 Å². The van der Waals surface area contributed by atoms with Crippen LogP contribution in [0.3, 0.4) is 0 Å². The van der Waals surface area contributed by atoms with Crippen molar-refractivity contribution in [2.45, 2.75) is 32.1 Å². The fraction of sp³-hybridized carbons (Fsp3) is 0.304. The zero-order valence-corrected chi connectivity index (χ0v) is 16.0. The van der Waals surface area contributed by atoms with E-state index in [2.05, 4.69) is 4.90 Å². The number of anilines is 1. The normalized spacial score (nSPS) is 19.2. The Morgan fingerprint density at radius 2 is 1.37 bits per heavy atom. The van der Waals surface area contributed by atoms with E-state index in [-0.39, 0.29) is 5.57 Å². The van der Waals surface area contributed by atoms with E-state index in [1.165, 1.54) is 11.8 Å². The van der Waals surface area contributed by atoms with Crippen molar-refractivity contribution in [1.29, 1.82) is 0 Å². The summed E-state index contributed by atoms with van der Waals surface area (Å²) in [6.45, 7) is 2.02. The molecule has 0 saturated carbocycles. The highest BCUT2D eigenvalue weighted by atomic mass is 19.2. The molecule has 3 nitrogen and oxygen atoms in total. The first-order valence-electron chi connectivity index (χ1n) is 9.92. The van der Waals surface area contributed by atoms with Crippen LogP contribution in [0.5, 0.6) is 0 Å². The molecule has 0 fully saturated rings. The second kappa shape index (κ2) is 6.79. The van der Waals surface area contributed by atoms with Crippen molar-refractivity contribution in [3.8, 4) is 0 Å². The SMILES string of the molecule is O=C1C/C(=C/c2cc3c4c(c2)CCCN4CCC3)C(=O)c2c(F)c(F)c(F)c(F)c21. The molecule has 0 N–H and O–H groups in total. The Balaban J connectivity index is 1.62. The van der Waals surface area contributed by atoms with Crippen molar-refractivity contribution >= 4 is 23.3 Å². The standard InChI is InChI=1S/C23H17F4NO2/c24-18-16-15(29)10-14(23(30)17(16)19(25)21(27)20(18)26)9-11-7-12-3-1-5-28-6-2-4-13(8-11)22(12)28/h7-9H,1-6,10H2/b14-9-. The molecule has 30 heavy (non-hydrogen) atoms. The van der Waals surface area contributed by atoms with E-state index in [0.29, 0.717) is 5.56 Å². The highest BCUT2D eigenvalue weighted by Gasteiger charge is 2.38. The number of nitrogens with zero attached hydrogens (tertiary/aromatic N) is 1. The summed E-state index contributed by atoms with van der Waals surface area (Å²) in [5.74, 6) is -9.77. The molecule has 154 valence electrons. The number of carbonyl (C=O) groups is 2. The summed E-state index contributed by atoms with van der Waals surface area (Å²) in [5, 5.41) is 0. The first kappa shape index (κ1) is 19.0. The molecule has 0 aromatic heterocycles. The number of halogens is 4. The van der Waals surface area contributed by atoms with E-state index in [0.717, 1.165) is 49.9 Å². The smallest absolute Gasteiger partial charge is 0.198 e. The van der Waals surface area contributed by atoms with Gasteiger partial charge in [0, 0.05) is 30.8 Å². The van der Waals surface area contributed by atoms with Crippen LogP contribution in [0.15, 0.2) is 17.7 Å². The van der Waals surface area contributed by atoms with Crippen LogP contribution in [0, 0.1) is 23.3 Å². The monoisotopic (exact) mass is 415 g/mol. The summed E-state index contributed by atoms with van der Waals surface area (Å²) in [5.41, 5.74) is 2.14. The van der Waals surface area contributed by atoms with Crippen LogP contribution in [0.25, 0.3) is 6.08 Å². The molecule has 0 spiro atoms. The van der Waals surface area contributed by atoms with Crippen LogP contribution in [-0.4, -0.2) is 24.7 Å². The summed E-state index contributed by atoms with van der Waals surface area (Å²) in [4.78, 5) is 27.5. The zero-order valence-electron chi connectivity index (χ0n) is 16.0. The van der Waals surface area contributed by atoms with Gasteiger partial charge in [-0.05, 0) is 60.6 Å². The highest BCUT2D eigenvalue weighted by Crippen LogP contribution is 2.38. The number of aryl methyl sites for hydroxylation is 2. The van der Waals surface area contributed by atoms with Crippen molar-refractivity contribution < 1.29 is 27.2 Å². The van der Waals surface area contributed by atoms with E-state index in [4.69, 9.17) is 0 Å². The second-order valence-corrected chi connectivity index (χ2v) is 7.99. The van der Waals surface area contributed by atoms with Gasteiger partial charge in [0.2, 0.25) is 0 Å². The minimum atomic E-state index is -2.09. The topological polar surface area (TPSA) is 37.4 Å². The van der Waals surface area contributed by atoms with Gasteiger partial charge in [0.15, 0.2) is 34.8 Å². The Labute approximate surface area is 170 Å². The number of allylic oxidation sites excluding steroid dienone is 1. The van der Waals surface area contributed by atoms with E-state index in [9.17, 15) is 27.2 Å². The van der Waals surface area contributed by atoms with Crippen molar-refractivity contribution in [2.75, 3.05) is 18.0 Å². The molecule has 0 bridgehead atoms. The van der Waals surface area contributed by atoms with Crippen molar-refractivity contribution in [3.05, 3.63) is 68.8 Å². The lowest BCUT2D eigenvalue weighted by molar-refractivity contribution is 0.0926. The fourth-order valence-corrected chi connectivity index (χ4v) is 4.84. The maximum absolute atomic E-state index is 14.3. The first-order chi connectivity index (χ1) is 14.4. The third kappa shape index (κ3) is 2.71. The van der Waals surface area contributed by atoms with Gasteiger partial charge in [-0.1, -0.05) is 0 Å². The number of hydrogen-bond donors (Lipinski definition) is 0. The minimum absolute atomic E-state index is 0.0626. The van der Waals surface area contributed by atoms with Gasteiger partial charge in [-0.3, -0.25) is 9.59 Å². The average molecular weight is 415 g/mol. The van der Waals surface area contributed by atoms with Gasteiger partial charge < -0.3 is 4.90 Å². The molecule has 2 aromatic rings. The zero-order chi connectivity index (χ0) is 21.2. The van der Waals surface area contributed by atoms with Gasteiger partial charge >= 0.3 is 0 Å². The molecule has 5 rings (SSSR count). The lowest BCUT2D eigenvalue weighted by Gasteiger charge is -2.37. The molecule has 1 aliphatic carbocycles. The van der Waals surface area contributed by atoms with Gasteiger partial charge in [-0.2, -0.15) is 0 Å². The molecule has 2 heterocycles. The third-order valence-electron chi connectivity index (χ3n) is 6.11. The maximum Gasteiger partial charge on any atom is 0.198 e. The summed E-state index contributed by atoms with van der Waals surface area (Å²) in [7, 11) is 0. The van der Waals surface area contributed by atoms with Crippen molar-refractivity contribution in [3.63, 3.8) is 0 Å².